The van der Waals surface area contributed by atoms with Crippen LogP contribution >= 0.6 is 0 Å². The zero-order valence-electron chi connectivity index (χ0n) is 14.7. The molecule has 1 saturated heterocycles. The van der Waals surface area contributed by atoms with E-state index >= 15 is 0 Å². The standard InChI is InChI=1S/C21H27N3/c1-13-21(14-6-4-3-5-7-14)23-20-10-18-16-8-15(11-24(2)12-16)17(18)9-19(20)22-13/h3-7,15-20H,8-12H2,1-2H3/t15?,16-,17?,18?,19?,20?/m1/s1. The van der Waals surface area contributed by atoms with Crippen LogP contribution in [0.4, 0.5) is 0 Å². The molecule has 3 fully saturated rings. The molecule has 24 heavy (non-hydrogen) atoms. The van der Waals surface area contributed by atoms with Gasteiger partial charge in [-0.2, -0.15) is 0 Å². The van der Waals surface area contributed by atoms with E-state index in [0.717, 1.165) is 35.1 Å². The van der Waals surface area contributed by atoms with E-state index in [0.29, 0.717) is 12.1 Å². The topological polar surface area (TPSA) is 28.0 Å². The first-order chi connectivity index (χ1) is 11.7. The van der Waals surface area contributed by atoms with Crippen LogP contribution in [0.15, 0.2) is 40.3 Å². The van der Waals surface area contributed by atoms with E-state index in [9.17, 15) is 0 Å². The molecule has 126 valence electrons. The Morgan fingerprint density at radius 1 is 0.875 bits per heavy atom. The molecule has 5 unspecified atom stereocenters. The maximum atomic E-state index is 5.22. The van der Waals surface area contributed by atoms with Crippen LogP contribution in [0.2, 0.25) is 0 Å². The number of rotatable bonds is 1. The van der Waals surface area contributed by atoms with Gasteiger partial charge < -0.3 is 4.90 Å². The summed E-state index contributed by atoms with van der Waals surface area (Å²) in [6.07, 6.45) is 3.99. The highest BCUT2D eigenvalue weighted by Gasteiger charge is 2.51. The molecule has 3 nitrogen and oxygen atoms in total. The summed E-state index contributed by atoms with van der Waals surface area (Å²) in [5.74, 6) is 3.60. The number of hydrogen-bond donors (Lipinski definition) is 0. The van der Waals surface area contributed by atoms with Gasteiger partial charge in [-0.15, -0.1) is 0 Å². The average Bonchev–Trinajstić information content (AvgIpc) is 2.84. The molecule has 2 aliphatic heterocycles. The SMILES string of the molecule is CC1=NC2CC3C4C[C@H](CN(C)C4)C3CC2N=C1c1ccccc1. The molecule has 2 bridgehead atoms. The Morgan fingerprint density at radius 3 is 2.17 bits per heavy atom. The van der Waals surface area contributed by atoms with Gasteiger partial charge in [-0.25, -0.2) is 0 Å². The van der Waals surface area contributed by atoms with Crippen LogP contribution < -0.4 is 0 Å². The normalized spacial score (nSPS) is 41.2. The van der Waals surface area contributed by atoms with E-state index in [1.54, 1.807) is 0 Å². The molecule has 2 aliphatic carbocycles. The van der Waals surface area contributed by atoms with E-state index < -0.39 is 0 Å². The van der Waals surface area contributed by atoms with E-state index in [-0.39, 0.29) is 0 Å². The quantitative estimate of drug-likeness (QED) is 0.780. The van der Waals surface area contributed by atoms with Gasteiger partial charge in [-0.05, 0) is 56.9 Å². The minimum Gasteiger partial charge on any atom is -0.306 e. The molecule has 0 spiro atoms. The van der Waals surface area contributed by atoms with Crippen molar-refractivity contribution in [2.75, 3.05) is 20.1 Å². The minimum absolute atomic E-state index is 0.412. The van der Waals surface area contributed by atoms with Gasteiger partial charge in [0.1, 0.15) is 0 Å². The summed E-state index contributed by atoms with van der Waals surface area (Å²) in [5, 5.41) is 0. The molecule has 0 amide bonds. The predicted octanol–water partition coefficient (Wildman–Crippen LogP) is 3.30. The number of piperidine rings is 1. The second kappa shape index (κ2) is 5.52. The zero-order chi connectivity index (χ0) is 16.3. The lowest BCUT2D eigenvalue weighted by Gasteiger charge is -2.39. The Bertz CT molecular complexity index is 692. The van der Waals surface area contributed by atoms with Crippen molar-refractivity contribution in [1.82, 2.24) is 4.90 Å². The molecule has 0 aromatic heterocycles. The van der Waals surface area contributed by atoms with Gasteiger partial charge in [0.05, 0.1) is 23.5 Å². The fourth-order valence-electron chi connectivity index (χ4n) is 6.07. The second-order valence-corrected chi connectivity index (χ2v) is 8.47. The van der Waals surface area contributed by atoms with Crippen molar-refractivity contribution in [3.8, 4) is 0 Å². The van der Waals surface area contributed by atoms with Gasteiger partial charge >= 0.3 is 0 Å². The molecule has 0 radical (unpaired) electrons. The molecule has 1 aromatic rings. The summed E-state index contributed by atoms with van der Waals surface area (Å²) in [4.78, 5) is 12.9. The smallest absolute Gasteiger partial charge is 0.0858 e. The van der Waals surface area contributed by atoms with Crippen LogP contribution in [-0.4, -0.2) is 48.5 Å². The largest absolute Gasteiger partial charge is 0.306 e. The van der Waals surface area contributed by atoms with Gasteiger partial charge in [-0.3, -0.25) is 9.98 Å². The molecular formula is C21H27N3. The van der Waals surface area contributed by atoms with Crippen molar-refractivity contribution in [2.24, 2.45) is 33.7 Å². The maximum Gasteiger partial charge on any atom is 0.0858 e. The van der Waals surface area contributed by atoms with E-state index in [1.165, 1.54) is 37.9 Å². The van der Waals surface area contributed by atoms with Crippen LogP contribution in [0.1, 0.15) is 31.7 Å². The third-order valence-electron chi connectivity index (χ3n) is 6.97. The summed E-state index contributed by atoms with van der Waals surface area (Å²) in [6.45, 7) is 4.75. The number of fused-ring (bicyclic) bond motifs is 6. The van der Waals surface area contributed by atoms with Crippen LogP contribution in [0.3, 0.4) is 0 Å². The molecule has 1 aromatic carbocycles. The lowest BCUT2D eigenvalue weighted by Crippen LogP contribution is -2.42. The Hall–Kier alpha value is -1.48. The molecule has 6 atom stereocenters. The van der Waals surface area contributed by atoms with E-state index in [4.69, 9.17) is 9.98 Å². The molecular weight excluding hydrogens is 294 g/mol. The van der Waals surface area contributed by atoms with Gasteiger partial charge in [0, 0.05) is 18.7 Å². The number of aliphatic imine (C=N–C) groups is 2. The monoisotopic (exact) mass is 321 g/mol. The Labute approximate surface area is 144 Å². The van der Waals surface area contributed by atoms with Crippen LogP contribution in [0, 0.1) is 23.7 Å². The fraction of sp³-hybridized carbons (Fsp3) is 0.619. The van der Waals surface area contributed by atoms with E-state index in [2.05, 4.69) is 49.2 Å². The van der Waals surface area contributed by atoms with Crippen molar-refractivity contribution >= 4 is 11.4 Å². The number of likely N-dealkylation sites (tertiary alicyclic amines) is 1. The number of nitrogens with zero attached hydrogens (tertiary/aromatic N) is 3. The van der Waals surface area contributed by atoms with Crippen LogP contribution in [0.25, 0.3) is 0 Å². The maximum absolute atomic E-state index is 5.22. The summed E-state index contributed by atoms with van der Waals surface area (Å²) < 4.78 is 0. The van der Waals surface area contributed by atoms with Crippen molar-refractivity contribution in [3.05, 3.63) is 35.9 Å². The first-order valence-corrected chi connectivity index (χ1v) is 9.55. The van der Waals surface area contributed by atoms with Crippen LogP contribution in [0.5, 0.6) is 0 Å². The highest BCUT2D eigenvalue weighted by Crippen LogP contribution is 2.53. The summed E-state index contributed by atoms with van der Waals surface area (Å²) in [6, 6.07) is 11.5. The van der Waals surface area contributed by atoms with Gasteiger partial charge in [-0.1, -0.05) is 30.3 Å². The lowest BCUT2D eigenvalue weighted by atomic mass is 9.72. The molecule has 3 heteroatoms. The average molecular weight is 321 g/mol. The van der Waals surface area contributed by atoms with E-state index in [1.807, 2.05) is 0 Å². The summed E-state index contributed by atoms with van der Waals surface area (Å²) >= 11 is 0. The predicted molar refractivity (Wildman–Crippen MR) is 99.0 cm³/mol. The van der Waals surface area contributed by atoms with Crippen molar-refractivity contribution < 1.29 is 0 Å². The molecule has 5 rings (SSSR count). The van der Waals surface area contributed by atoms with Crippen molar-refractivity contribution in [3.63, 3.8) is 0 Å². The molecule has 2 heterocycles. The van der Waals surface area contributed by atoms with Gasteiger partial charge in [0.15, 0.2) is 0 Å². The highest BCUT2D eigenvalue weighted by molar-refractivity contribution is 6.48. The fourth-order valence-corrected chi connectivity index (χ4v) is 6.07. The first kappa shape index (κ1) is 14.8. The number of benzene rings is 1. The number of hydrogen-bond acceptors (Lipinski definition) is 3. The summed E-state index contributed by atoms with van der Waals surface area (Å²) in [7, 11) is 2.30. The molecule has 2 saturated carbocycles. The third kappa shape index (κ3) is 2.28. The second-order valence-electron chi connectivity index (χ2n) is 8.47. The van der Waals surface area contributed by atoms with Crippen molar-refractivity contribution in [1.29, 1.82) is 0 Å². The minimum atomic E-state index is 0.412. The highest BCUT2D eigenvalue weighted by atomic mass is 15.1. The Morgan fingerprint density at radius 2 is 1.50 bits per heavy atom. The van der Waals surface area contributed by atoms with Crippen LogP contribution in [-0.2, 0) is 0 Å². The third-order valence-corrected chi connectivity index (χ3v) is 6.97. The Balaban J connectivity index is 1.45. The zero-order valence-corrected chi connectivity index (χ0v) is 14.7. The lowest BCUT2D eigenvalue weighted by molar-refractivity contribution is 0.181. The molecule has 0 N–H and O–H groups in total. The molecule has 4 aliphatic rings. The van der Waals surface area contributed by atoms with Crippen molar-refractivity contribution in [2.45, 2.75) is 38.3 Å². The van der Waals surface area contributed by atoms with Gasteiger partial charge in [0.25, 0.3) is 0 Å². The van der Waals surface area contributed by atoms with Gasteiger partial charge in [0.2, 0.25) is 0 Å². The summed E-state index contributed by atoms with van der Waals surface area (Å²) in [5.41, 5.74) is 3.50. The first-order valence-electron chi connectivity index (χ1n) is 9.55. The Kier molecular flexibility index (Phi) is 3.41.